The van der Waals surface area contributed by atoms with E-state index >= 15 is 0 Å². The second kappa shape index (κ2) is 5.43. The molecule has 0 bridgehead atoms. The number of nitrogens with one attached hydrogen (secondary N) is 1. The Labute approximate surface area is 111 Å². The number of amides is 1. The number of aromatic nitrogens is 2. The van der Waals surface area contributed by atoms with Crippen LogP contribution in [0.25, 0.3) is 0 Å². The quantitative estimate of drug-likeness (QED) is 0.820. The number of carbonyl (C=O) groups excluding carboxylic acids is 1. The number of aryl methyl sites for hydroxylation is 1. The SMILES string of the molecule is CCn1cc(NC(=O)c2cc(N)ccc2OC)cn1. The molecule has 2 aromatic rings. The highest BCUT2D eigenvalue weighted by Crippen LogP contribution is 2.22. The van der Waals surface area contributed by atoms with Crippen LogP contribution in [0.15, 0.2) is 30.6 Å². The first-order valence-electron chi connectivity index (χ1n) is 5.91. The molecule has 100 valence electrons. The van der Waals surface area contributed by atoms with Gasteiger partial charge >= 0.3 is 0 Å². The fourth-order valence-corrected chi connectivity index (χ4v) is 1.70. The molecule has 2 rings (SSSR count). The molecule has 3 N–H and O–H groups in total. The minimum absolute atomic E-state index is 0.278. The first-order chi connectivity index (χ1) is 9.13. The normalized spacial score (nSPS) is 10.2. The van der Waals surface area contributed by atoms with E-state index in [0.717, 1.165) is 6.54 Å². The van der Waals surface area contributed by atoms with Gasteiger partial charge in [-0.05, 0) is 25.1 Å². The Balaban J connectivity index is 2.21. The molecule has 0 saturated carbocycles. The molecule has 0 aliphatic rings. The highest BCUT2D eigenvalue weighted by atomic mass is 16.5. The van der Waals surface area contributed by atoms with Crippen molar-refractivity contribution >= 4 is 17.3 Å². The molecule has 1 aromatic carbocycles. The van der Waals surface area contributed by atoms with E-state index in [1.165, 1.54) is 7.11 Å². The Kier molecular flexibility index (Phi) is 3.70. The van der Waals surface area contributed by atoms with Gasteiger partial charge in [0.15, 0.2) is 0 Å². The van der Waals surface area contributed by atoms with E-state index in [-0.39, 0.29) is 5.91 Å². The molecule has 19 heavy (non-hydrogen) atoms. The van der Waals surface area contributed by atoms with Crippen LogP contribution >= 0.6 is 0 Å². The van der Waals surface area contributed by atoms with Crippen molar-refractivity contribution in [2.75, 3.05) is 18.2 Å². The van der Waals surface area contributed by atoms with Crippen molar-refractivity contribution in [2.45, 2.75) is 13.5 Å². The second-order valence-corrected chi connectivity index (χ2v) is 4.00. The van der Waals surface area contributed by atoms with Crippen molar-refractivity contribution in [3.05, 3.63) is 36.2 Å². The average Bonchev–Trinajstić information content (AvgIpc) is 2.86. The van der Waals surface area contributed by atoms with Crippen LogP contribution in [0.3, 0.4) is 0 Å². The van der Waals surface area contributed by atoms with E-state index in [9.17, 15) is 4.79 Å². The number of carbonyl (C=O) groups is 1. The van der Waals surface area contributed by atoms with E-state index in [0.29, 0.717) is 22.7 Å². The van der Waals surface area contributed by atoms with Crippen molar-refractivity contribution in [1.29, 1.82) is 0 Å². The molecule has 0 unspecified atom stereocenters. The number of nitrogen functional groups attached to an aromatic ring is 1. The lowest BCUT2D eigenvalue weighted by molar-refractivity contribution is 0.102. The molecule has 0 saturated heterocycles. The summed E-state index contributed by atoms with van der Waals surface area (Å²) in [5.74, 6) is 0.203. The van der Waals surface area contributed by atoms with Crippen LogP contribution in [0.5, 0.6) is 5.75 Å². The average molecular weight is 260 g/mol. The van der Waals surface area contributed by atoms with Gasteiger partial charge in [0.1, 0.15) is 5.75 Å². The molecule has 0 spiro atoms. The molecule has 0 fully saturated rings. The van der Waals surface area contributed by atoms with Crippen LogP contribution in [0.4, 0.5) is 11.4 Å². The zero-order chi connectivity index (χ0) is 13.8. The summed E-state index contributed by atoms with van der Waals surface area (Å²) in [6.07, 6.45) is 3.36. The predicted molar refractivity (Wildman–Crippen MR) is 73.3 cm³/mol. The fraction of sp³-hybridized carbons (Fsp3) is 0.231. The number of methoxy groups -OCH3 is 1. The van der Waals surface area contributed by atoms with Crippen molar-refractivity contribution in [3.63, 3.8) is 0 Å². The second-order valence-electron chi connectivity index (χ2n) is 4.00. The molecule has 0 radical (unpaired) electrons. The Morgan fingerprint density at radius 1 is 1.53 bits per heavy atom. The monoisotopic (exact) mass is 260 g/mol. The largest absolute Gasteiger partial charge is 0.496 e. The summed E-state index contributed by atoms with van der Waals surface area (Å²) in [7, 11) is 1.51. The first kappa shape index (κ1) is 12.9. The van der Waals surface area contributed by atoms with Gasteiger partial charge in [-0.1, -0.05) is 0 Å². The van der Waals surface area contributed by atoms with Gasteiger partial charge in [-0.15, -0.1) is 0 Å². The Morgan fingerprint density at radius 3 is 2.95 bits per heavy atom. The maximum absolute atomic E-state index is 12.2. The lowest BCUT2D eigenvalue weighted by Crippen LogP contribution is -2.13. The molecule has 1 amide bonds. The van der Waals surface area contributed by atoms with Crippen LogP contribution in [0.2, 0.25) is 0 Å². The summed E-state index contributed by atoms with van der Waals surface area (Å²) in [5.41, 5.74) is 7.23. The van der Waals surface area contributed by atoms with Gasteiger partial charge in [0.25, 0.3) is 5.91 Å². The van der Waals surface area contributed by atoms with E-state index < -0.39 is 0 Å². The Hall–Kier alpha value is -2.50. The summed E-state index contributed by atoms with van der Waals surface area (Å²) in [5, 5.41) is 6.84. The number of benzene rings is 1. The molecular formula is C13H16N4O2. The Morgan fingerprint density at radius 2 is 2.32 bits per heavy atom. The van der Waals surface area contributed by atoms with Gasteiger partial charge < -0.3 is 15.8 Å². The molecule has 1 aromatic heterocycles. The van der Waals surface area contributed by atoms with Crippen LogP contribution in [0.1, 0.15) is 17.3 Å². The Bertz CT molecular complexity index is 592. The fourth-order valence-electron chi connectivity index (χ4n) is 1.70. The topological polar surface area (TPSA) is 82.2 Å². The van der Waals surface area contributed by atoms with Crippen LogP contribution in [0, 0.1) is 0 Å². The minimum Gasteiger partial charge on any atom is -0.496 e. The molecule has 6 heteroatoms. The smallest absolute Gasteiger partial charge is 0.259 e. The van der Waals surface area contributed by atoms with Crippen LogP contribution in [-0.2, 0) is 6.54 Å². The van der Waals surface area contributed by atoms with Crippen molar-refractivity contribution < 1.29 is 9.53 Å². The van der Waals surface area contributed by atoms with Crippen LogP contribution < -0.4 is 15.8 Å². The number of nitrogens with two attached hydrogens (primary N) is 1. The molecule has 0 atom stereocenters. The summed E-state index contributed by atoms with van der Waals surface area (Å²) < 4.78 is 6.88. The van der Waals surface area contributed by atoms with E-state index in [4.69, 9.17) is 10.5 Å². The van der Waals surface area contributed by atoms with E-state index in [1.807, 2.05) is 6.92 Å². The number of rotatable bonds is 4. The third-order valence-electron chi connectivity index (χ3n) is 2.68. The summed E-state index contributed by atoms with van der Waals surface area (Å²) >= 11 is 0. The number of hydrogen-bond acceptors (Lipinski definition) is 4. The predicted octanol–water partition coefficient (Wildman–Crippen LogP) is 1.75. The first-order valence-corrected chi connectivity index (χ1v) is 5.91. The highest BCUT2D eigenvalue weighted by Gasteiger charge is 2.13. The van der Waals surface area contributed by atoms with Crippen molar-refractivity contribution in [1.82, 2.24) is 9.78 Å². The molecule has 0 aliphatic heterocycles. The van der Waals surface area contributed by atoms with Gasteiger partial charge in [-0.3, -0.25) is 9.48 Å². The molecule has 6 nitrogen and oxygen atoms in total. The number of anilines is 2. The third-order valence-corrected chi connectivity index (χ3v) is 2.68. The number of ether oxygens (including phenoxy) is 1. The highest BCUT2D eigenvalue weighted by molar-refractivity contribution is 6.06. The number of nitrogens with zero attached hydrogens (tertiary/aromatic N) is 2. The van der Waals surface area contributed by atoms with Crippen molar-refractivity contribution in [2.24, 2.45) is 0 Å². The van der Waals surface area contributed by atoms with Gasteiger partial charge in [-0.25, -0.2) is 0 Å². The molecular weight excluding hydrogens is 244 g/mol. The van der Waals surface area contributed by atoms with Crippen molar-refractivity contribution in [3.8, 4) is 5.75 Å². The maximum Gasteiger partial charge on any atom is 0.259 e. The molecule has 1 heterocycles. The molecule has 0 aliphatic carbocycles. The summed E-state index contributed by atoms with van der Waals surface area (Å²) in [4.78, 5) is 12.2. The third kappa shape index (κ3) is 2.85. The summed E-state index contributed by atoms with van der Waals surface area (Å²) in [6.45, 7) is 2.72. The lowest BCUT2D eigenvalue weighted by Gasteiger charge is -2.08. The van der Waals surface area contributed by atoms with Gasteiger partial charge in [-0.2, -0.15) is 5.10 Å². The zero-order valence-electron chi connectivity index (χ0n) is 10.9. The standard InChI is InChI=1S/C13H16N4O2/c1-3-17-8-10(7-15-17)16-13(18)11-6-9(14)4-5-12(11)19-2/h4-8H,3,14H2,1-2H3,(H,16,18). The van der Waals surface area contributed by atoms with E-state index in [1.54, 1.807) is 35.3 Å². The summed E-state index contributed by atoms with van der Waals surface area (Å²) in [6, 6.07) is 4.93. The van der Waals surface area contributed by atoms with Gasteiger partial charge in [0.2, 0.25) is 0 Å². The maximum atomic E-state index is 12.2. The van der Waals surface area contributed by atoms with E-state index in [2.05, 4.69) is 10.4 Å². The van der Waals surface area contributed by atoms with Gasteiger partial charge in [0, 0.05) is 18.4 Å². The zero-order valence-corrected chi connectivity index (χ0v) is 10.9. The minimum atomic E-state index is -0.278. The number of hydrogen-bond donors (Lipinski definition) is 2. The lowest BCUT2D eigenvalue weighted by atomic mass is 10.1. The van der Waals surface area contributed by atoms with Gasteiger partial charge in [0.05, 0.1) is 24.6 Å². The van der Waals surface area contributed by atoms with Crippen LogP contribution in [-0.4, -0.2) is 22.8 Å².